The molecule has 2 aromatic rings. The monoisotopic (exact) mass is 318 g/mol. The second kappa shape index (κ2) is 6.66. The van der Waals surface area contributed by atoms with Crippen molar-refractivity contribution in [1.82, 2.24) is 4.98 Å². The van der Waals surface area contributed by atoms with Crippen LogP contribution in [-0.2, 0) is 6.42 Å². The molecule has 0 fully saturated rings. The zero-order valence-corrected chi connectivity index (χ0v) is 12.5. The summed E-state index contributed by atoms with van der Waals surface area (Å²) < 4.78 is 13.5. The van der Waals surface area contributed by atoms with Gasteiger partial charge in [-0.05, 0) is 37.9 Å². The van der Waals surface area contributed by atoms with Gasteiger partial charge in [-0.1, -0.05) is 23.2 Å². The standard InChI is InChI=1S/C13H13Cl2FN2S/c14-9-6-10(15)11(16)5-8(9)12-7-19-13(18-12)3-1-2-4-17/h5-7H,1-4,17H2. The van der Waals surface area contributed by atoms with Gasteiger partial charge in [0.1, 0.15) is 5.82 Å². The first-order chi connectivity index (χ1) is 9.11. The highest BCUT2D eigenvalue weighted by Crippen LogP contribution is 2.33. The third kappa shape index (κ3) is 3.66. The number of rotatable bonds is 5. The van der Waals surface area contributed by atoms with Crippen molar-refractivity contribution in [1.29, 1.82) is 0 Å². The Morgan fingerprint density at radius 2 is 2.00 bits per heavy atom. The summed E-state index contributed by atoms with van der Waals surface area (Å²) in [6.07, 6.45) is 2.87. The van der Waals surface area contributed by atoms with Gasteiger partial charge in [0.25, 0.3) is 0 Å². The number of benzene rings is 1. The van der Waals surface area contributed by atoms with Gasteiger partial charge in [-0.2, -0.15) is 0 Å². The summed E-state index contributed by atoms with van der Waals surface area (Å²) in [5.74, 6) is -0.487. The molecule has 102 valence electrons. The SMILES string of the molecule is NCCCCc1nc(-c2cc(F)c(Cl)cc2Cl)cs1. The fourth-order valence-corrected chi connectivity index (χ4v) is 3.01. The molecule has 0 amide bonds. The Labute approximate surface area is 125 Å². The molecule has 1 aromatic carbocycles. The van der Waals surface area contributed by atoms with Gasteiger partial charge < -0.3 is 5.73 Å². The smallest absolute Gasteiger partial charge is 0.142 e. The molecule has 0 spiro atoms. The van der Waals surface area contributed by atoms with Gasteiger partial charge in [0.2, 0.25) is 0 Å². The average molecular weight is 319 g/mol. The highest BCUT2D eigenvalue weighted by molar-refractivity contribution is 7.09. The lowest BCUT2D eigenvalue weighted by atomic mass is 10.1. The van der Waals surface area contributed by atoms with Crippen LogP contribution in [0.3, 0.4) is 0 Å². The van der Waals surface area contributed by atoms with Crippen molar-refractivity contribution in [3.63, 3.8) is 0 Å². The van der Waals surface area contributed by atoms with Crippen molar-refractivity contribution < 1.29 is 4.39 Å². The third-order valence-electron chi connectivity index (χ3n) is 2.68. The maximum absolute atomic E-state index is 13.5. The zero-order valence-electron chi connectivity index (χ0n) is 10.1. The van der Waals surface area contributed by atoms with Gasteiger partial charge >= 0.3 is 0 Å². The van der Waals surface area contributed by atoms with E-state index in [1.54, 1.807) is 11.3 Å². The molecule has 0 saturated carbocycles. The third-order valence-corrected chi connectivity index (χ3v) is 4.19. The first-order valence-corrected chi connectivity index (χ1v) is 7.54. The van der Waals surface area contributed by atoms with E-state index in [1.165, 1.54) is 12.1 Å². The maximum atomic E-state index is 13.5. The van der Waals surface area contributed by atoms with Crippen molar-refractivity contribution >= 4 is 34.5 Å². The van der Waals surface area contributed by atoms with Crippen LogP contribution in [0.15, 0.2) is 17.5 Å². The number of hydrogen-bond acceptors (Lipinski definition) is 3. The molecule has 0 aliphatic rings. The molecule has 2 N–H and O–H groups in total. The van der Waals surface area contributed by atoms with Crippen molar-refractivity contribution in [2.45, 2.75) is 19.3 Å². The molecular formula is C13H13Cl2FN2S. The Hall–Kier alpha value is -0.680. The van der Waals surface area contributed by atoms with Crippen LogP contribution in [0.5, 0.6) is 0 Å². The minimum atomic E-state index is -0.487. The summed E-state index contributed by atoms with van der Waals surface area (Å²) in [6, 6.07) is 2.73. The number of nitrogens with two attached hydrogens (primary N) is 1. The van der Waals surface area contributed by atoms with Gasteiger partial charge in [0, 0.05) is 10.9 Å². The Morgan fingerprint density at radius 1 is 1.21 bits per heavy atom. The van der Waals surface area contributed by atoms with Crippen LogP contribution < -0.4 is 5.73 Å². The predicted octanol–water partition coefficient (Wildman–Crippen LogP) is 4.54. The Kier molecular flexibility index (Phi) is 5.16. The Morgan fingerprint density at radius 3 is 2.74 bits per heavy atom. The van der Waals surface area contributed by atoms with Crippen LogP contribution in [0.2, 0.25) is 10.0 Å². The predicted molar refractivity (Wildman–Crippen MR) is 79.5 cm³/mol. The summed E-state index contributed by atoms with van der Waals surface area (Å²) >= 11 is 13.3. The number of nitrogens with zero attached hydrogens (tertiary/aromatic N) is 1. The minimum absolute atomic E-state index is 0.0205. The van der Waals surface area contributed by atoms with E-state index < -0.39 is 5.82 Å². The number of aromatic nitrogens is 1. The molecule has 1 aromatic heterocycles. The van der Waals surface area contributed by atoms with E-state index in [-0.39, 0.29) is 5.02 Å². The van der Waals surface area contributed by atoms with Crippen molar-refractivity contribution in [2.24, 2.45) is 5.73 Å². The second-order valence-corrected chi connectivity index (χ2v) is 5.88. The first-order valence-electron chi connectivity index (χ1n) is 5.91. The number of halogens is 3. The molecule has 0 unspecified atom stereocenters. The minimum Gasteiger partial charge on any atom is -0.330 e. The van der Waals surface area contributed by atoms with E-state index in [2.05, 4.69) is 4.98 Å². The van der Waals surface area contributed by atoms with E-state index in [9.17, 15) is 4.39 Å². The molecule has 0 aliphatic heterocycles. The number of thiazole rings is 1. The van der Waals surface area contributed by atoms with E-state index in [0.29, 0.717) is 22.8 Å². The normalized spacial score (nSPS) is 10.9. The molecule has 2 rings (SSSR count). The Balaban J connectivity index is 2.20. The summed E-state index contributed by atoms with van der Waals surface area (Å²) in [4.78, 5) is 4.47. The van der Waals surface area contributed by atoms with Gasteiger partial charge in [0.15, 0.2) is 0 Å². The van der Waals surface area contributed by atoms with Gasteiger partial charge in [-0.15, -0.1) is 11.3 Å². The van der Waals surface area contributed by atoms with Crippen LogP contribution in [0, 0.1) is 5.82 Å². The molecule has 0 saturated heterocycles. The number of hydrogen-bond donors (Lipinski definition) is 1. The molecule has 0 radical (unpaired) electrons. The van der Waals surface area contributed by atoms with E-state index in [4.69, 9.17) is 28.9 Å². The fraction of sp³-hybridized carbons (Fsp3) is 0.308. The van der Waals surface area contributed by atoms with Crippen LogP contribution in [-0.4, -0.2) is 11.5 Å². The van der Waals surface area contributed by atoms with Crippen molar-refractivity contribution in [3.8, 4) is 11.3 Å². The average Bonchev–Trinajstić information content (AvgIpc) is 2.83. The molecule has 6 heteroatoms. The van der Waals surface area contributed by atoms with Gasteiger partial charge in [-0.25, -0.2) is 9.37 Å². The lowest BCUT2D eigenvalue weighted by Gasteiger charge is -2.02. The molecule has 0 aliphatic carbocycles. The summed E-state index contributed by atoms with van der Waals surface area (Å²) in [6.45, 7) is 0.687. The molecule has 0 bridgehead atoms. The molecule has 2 nitrogen and oxygen atoms in total. The first kappa shape index (κ1) is 14.7. The van der Waals surface area contributed by atoms with Crippen molar-refractivity contribution in [2.75, 3.05) is 6.54 Å². The van der Waals surface area contributed by atoms with E-state index in [1.807, 2.05) is 5.38 Å². The van der Waals surface area contributed by atoms with Crippen molar-refractivity contribution in [3.05, 3.63) is 38.4 Å². The van der Waals surface area contributed by atoms with Crippen LogP contribution in [0.1, 0.15) is 17.8 Å². The highest BCUT2D eigenvalue weighted by Gasteiger charge is 2.12. The topological polar surface area (TPSA) is 38.9 Å². The lowest BCUT2D eigenvalue weighted by Crippen LogP contribution is -1.98. The molecule has 0 atom stereocenters. The number of unbranched alkanes of at least 4 members (excludes halogenated alkanes) is 1. The largest absolute Gasteiger partial charge is 0.330 e. The van der Waals surface area contributed by atoms with E-state index >= 15 is 0 Å². The van der Waals surface area contributed by atoms with Crippen LogP contribution in [0.25, 0.3) is 11.3 Å². The lowest BCUT2D eigenvalue weighted by molar-refractivity contribution is 0.628. The fourth-order valence-electron chi connectivity index (χ4n) is 1.69. The van der Waals surface area contributed by atoms with Crippen LogP contribution >= 0.6 is 34.5 Å². The Bertz CT molecular complexity index is 572. The zero-order chi connectivity index (χ0) is 13.8. The quantitative estimate of drug-likeness (QED) is 0.649. The molecule has 19 heavy (non-hydrogen) atoms. The van der Waals surface area contributed by atoms with Gasteiger partial charge in [0.05, 0.1) is 20.7 Å². The molecule has 1 heterocycles. The summed E-state index contributed by atoms with van der Waals surface area (Å²) in [5, 5.41) is 3.32. The summed E-state index contributed by atoms with van der Waals surface area (Å²) in [5.41, 5.74) is 6.71. The highest BCUT2D eigenvalue weighted by atomic mass is 35.5. The van der Waals surface area contributed by atoms with Gasteiger partial charge in [-0.3, -0.25) is 0 Å². The van der Waals surface area contributed by atoms with Crippen LogP contribution in [0.4, 0.5) is 4.39 Å². The second-order valence-electron chi connectivity index (χ2n) is 4.12. The number of aryl methyl sites for hydroxylation is 1. The maximum Gasteiger partial charge on any atom is 0.142 e. The summed E-state index contributed by atoms with van der Waals surface area (Å²) in [7, 11) is 0. The molecular weight excluding hydrogens is 306 g/mol. The van der Waals surface area contributed by atoms with E-state index in [0.717, 1.165) is 24.3 Å².